The number of rotatable bonds is 9. The van der Waals surface area contributed by atoms with Crippen molar-refractivity contribution in [3.05, 3.63) is 76.2 Å². The third-order valence-electron chi connectivity index (χ3n) is 4.41. The van der Waals surface area contributed by atoms with Crippen LogP contribution in [0.25, 0.3) is 0 Å². The highest BCUT2D eigenvalue weighted by Gasteiger charge is 2.31. The van der Waals surface area contributed by atoms with Crippen molar-refractivity contribution in [1.29, 1.82) is 0 Å². The molecule has 0 aliphatic carbocycles. The number of amides is 1. The fourth-order valence-corrected chi connectivity index (χ4v) is 3.88. The zero-order chi connectivity index (χ0) is 24.9. The lowest BCUT2D eigenvalue weighted by Gasteiger charge is -2.10. The van der Waals surface area contributed by atoms with Gasteiger partial charge < -0.3 is 19.9 Å². The zero-order valence-electron chi connectivity index (χ0n) is 17.6. The van der Waals surface area contributed by atoms with E-state index in [0.717, 1.165) is 17.0 Å². The molecule has 0 fully saturated rings. The van der Waals surface area contributed by atoms with Crippen LogP contribution in [0.15, 0.2) is 54.6 Å². The van der Waals surface area contributed by atoms with Crippen molar-refractivity contribution in [1.82, 2.24) is 0 Å². The highest BCUT2D eigenvalue weighted by atomic mass is 32.1. The number of nitrogens with one attached hydrogen (secondary N) is 1. The van der Waals surface area contributed by atoms with Gasteiger partial charge in [0.25, 0.3) is 5.91 Å². The summed E-state index contributed by atoms with van der Waals surface area (Å²) in [6.07, 6.45) is -4.25. The fourth-order valence-electron chi connectivity index (χ4n) is 2.89. The van der Waals surface area contributed by atoms with E-state index < -0.39 is 36.4 Å². The first-order chi connectivity index (χ1) is 16.1. The summed E-state index contributed by atoms with van der Waals surface area (Å²) in [5.74, 6) is -2.46. The number of carboxylic acid groups (broad SMARTS) is 1. The molecule has 3 rings (SSSR count). The van der Waals surface area contributed by atoms with Gasteiger partial charge in [-0.15, -0.1) is 24.5 Å². The Morgan fingerprint density at radius 1 is 1.00 bits per heavy atom. The predicted octanol–water partition coefficient (Wildman–Crippen LogP) is 5.16. The molecule has 2 aromatic carbocycles. The van der Waals surface area contributed by atoms with Gasteiger partial charge in [-0.3, -0.25) is 9.59 Å². The van der Waals surface area contributed by atoms with Crippen LogP contribution in [-0.2, 0) is 11.2 Å². The molecule has 1 aromatic heterocycles. The third-order valence-corrected chi connectivity index (χ3v) is 5.61. The first-order valence-corrected chi connectivity index (χ1v) is 10.7. The van der Waals surface area contributed by atoms with Crippen molar-refractivity contribution in [3.8, 4) is 11.5 Å². The predicted molar refractivity (Wildman–Crippen MR) is 118 cm³/mol. The standard InChI is InChI=1S/C23H18F3NO6S/c1-2-17-11-18(20(30)13-6-8-15(9-7-13)33-23(24,25)26)22(34-17)27-21(31)14-4-3-5-16(10-14)32-12-19(28)29/h3-11H,2,12H2,1H3,(H,27,31)(H,28,29). The third kappa shape index (κ3) is 6.58. The summed E-state index contributed by atoms with van der Waals surface area (Å²) in [7, 11) is 0. The van der Waals surface area contributed by atoms with Gasteiger partial charge in [-0.25, -0.2) is 4.79 Å². The monoisotopic (exact) mass is 493 g/mol. The molecule has 34 heavy (non-hydrogen) atoms. The Bertz CT molecular complexity index is 1200. The second-order valence-electron chi connectivity index (χ2n) is 6.87. The number of halogens is 3. The number of hydrogen-bond donors (Lipinski definition) is 2. The van der Waals surface area contributed by atoms with Gasteiger partial charge in [0.1, 0.15) is 16.5 Å². The lowest BCUT2D eigenvalue weighted by molar-refractivity contribution is -0.274. The molecule has 0 radical (unpaired) electrons. The van der Waals surface area contributed by atoms with Gasteiger partial charge in [-0.2, -0.15) is 0 Å². The van der Waals surface area contributed by atoms with E-state index in [1.807, 2.05) is 6.92 Å². The molecular formula is C23H18F3NO6S. The fraction of sp³-hybridized carbons (Fsp3) is 0.174. The molecule has 1 heterocycles. The molecule has 0 saturated heterocycles. The smallest absolute Gasteiger partial charge is 0.482 e. The Hall–Kier alpha value is -3.86. The van der Waals surface area contributed by atoms with Gasteiger partial charge >= 0.3 is 12.3 Å². The minimum absolute atomic E-state index is 0.120. The molecule has 0 bridgehead atoms. The maximum Gasteiger partial charge on any atom is 0.573 e. The van der Waals surface area contributed by atoms with Crippen molar-refractivity contribution in [2.45, 2.75) is 19.7 Å². The number of ketones is 1. The summed E-state index contributed by atoms with van der Waals surface area (Å²) in [6, 6.07) is 12.0. The Morgan fingerprint density at radius 2 is 1.71 bits per heavy atom. The highest BCUT2D eigenvalue weighted by Crippen LogP contribution is 2.32. The maximum atomic E-state index is 13.0. The lowest BCUT2D eigenvalue weighted by Crippen LogP contribution is -2.17. The molecule has 0 atom stereocenters. The average Bonchev–Trinajstić information content (AvgIpc) is 3.19. The van der Waals surface area contributed by atoms with E-state index in [-0.39, 0.29) is 27.4 Å². The van der Waals surface area contributed by atoms with Crippen molar-refractivity contribution in [3.63, 3.8) is 0 Å². The van der Waals surface area contributed by atoms with Crippen LogP contribution in [0.5, 0.6) is 11.5 Å². The summed E-state index contributed by atoms with van der Waals surface area (Å²) in [5, 5.41) is 11.7. The van der Waals surface area contributed by atoms with Crippen LogP contribution in [0.2, 0.25) is 0 Å². The second kappa shape index (κ2) is 10.4. The highest BCUT2D eigenvalue weighted by molar-refractivity contribution is 7.16. The Balaban J connectivity index is 1.81. The number of alkyl halides is 3. The Morgan fingerprint density at radius 3 is 2.32 bits per heavy atom. The van der Waals surface area contributed by atoms with Crippen LogP contribution >= 0.6 is 11.3 Å². The van der Waals surface area contributed by atoms with Gasteiger partial charge in [0.05, 0.1) is 5.56 Å². The molecule has 0 aliphatic heterocycles. The number of benzene rings is 2. The molecule has 178 valence electrons. The van der Waals surface area contributed by atoms with E-state index in [4.69, 9.17) is 9.84 Å². The average molecular weight is 493 g/mol. The molecule has 0 saturated carbocycles. The number of aryl methyl sites for hydroxylation is 1. The summed E-state index contributed by atoms with van der Waals surface area (Å²) in [6.45, 7) is 1.31. The maximum absolute atomic E-state index is 13.0. The van der Waals surface area contributed by atoms with Crippen LogP contribution in [0.1, 0.15) is 38.1 Å². The van der Waals surface area contributed by atoms with Gasteiger partial charge in [0.15, 0.2) is 12.4 Å². The molecule has 0 unspecified atom stereocenters. The normalized spacial score (nSPS) is 11.1. The van der Waals surface area contributed by atoms with Crippen molar-refractivity contribution >= 4 is 34.0 Å². The summed E-state index contributed by atoms with van der Waals surface area (Å²) in [4.78, 5) is 37.3. The molecule has 0 spiro atoms. The number of anilines is 1. The molecule has 11 heteroatoms. The molecule has 7 nitrogen and oxygen atoms in total. The summed E-state index contributed by atoms with van der Waals surface area (Å²) in [5.41, 5.74) is 0.494. The van der Waals surface area contributed by atoms with Crippen LogP contribution in [0.3, 0.4) is 0 Å². The summed E-state index contributed by atoms with van der Waals surface area (Å²) < 4.78 is 46.0. The number of carbonyl (C=O) groups excluding carboxylic acids is 2. The van der Waals surface area contributed by atoms with E-state index in [2.05, 4.69) is 10.1 Å². The number of hydrogen-bond acceptors (Lipinski definition) is 6. The van der Waals surface area contributed by atoms with Gasteiger partial charge in [0.2, 0.25) is 0 Å². The van der Waals surface area contributed by atoms with E-state index in [0.29, 0.717) is 6.42 Å². The molecule has 2 N–H and O–H groups in total. The number of ether oxygens (including phenoxy) is 2. The van der Waals surface area contributed by atoms with Gasteiger partial charge in [-0.05, 0) is 55.0 Å². The summed E-state index contributed by atoms with van der Waals surface area (Å²) >= 11 is 1.20. The number of thiophene rings is 1. The van der Waals surface area contributed by atoms with E-state index in [1.165, 1.54) is 47.7 Å². The molecule has 1 amide bonds. The molecule has 0 aliphatic rings. The van der Waals surface area contributed by atoms with E-state index in [9.17, 15) is 27.6 Å². The number of aliphatic carboxylic acids is 1. The van der Waals surface area contributed by atoms with Crippen LogP contribution < -0.4 is 14.8 Å². The van der Waals surface area contributed by atoms with E-state index in [1.54, 1.807) is 6.07 Å². The SMILES string of the molecule is CCc1cc(C(=O)c2ccc(OC(F)(F)F)cc2)c(NC(=O)c2cccc(OCC(=O)O)c2)s1. The van der Waals surface area contributed by atoms with Gasteiger partial charge in [-0.1, -0.05) is 13.0 Å². The molecular weight excluding hydrogens is 475 g/mol. The van der Waals surface area contributed by atoms with Crippen molar-refractivity contribution in [2.75, 3.05) is 11.9 Å². The van der Waals surface area contributed by atoms with Crippen LogP contribution in [0, 0.1) is 0 Å². The van der Waals surface area contributed by atoms with Crippen molar-refractivity contribution < 1.29 is 42.1 Å². The largest absolute Gasteiger partial charge is 0.573 e. The second-order valence-corrected chi connectivity index (χ2v) is 8.01. The minimum atomic E-state index is -4.84. The molecule has 3 aromatic rings. The van der Waals surface area contributed by atoms with E-state index >= 15 is 0 Å². The number of carbonyl (C=O) groups is 3. The van der Waals surface area contributed by atoms with Crippen LogP contribution in [0.4, 0.5) is 18.2 Å². The number of carboxylic acids is 1. The van der Waals surface area contributed by atoms with Crippen molar-refractivity contribution in [2.24, 2.45) is 0 Å². The Labute approximate surface area is 195 Å². The first-order valence-electron chi connectivity index (χ1n) is 9.85. The topological polar surface area (TPSA) is 102 Å². The Kier molecular flexibility index (Phi) is 7.57. The first kappa shape index (κ1) is 24.8. The lowest BCUT2D eigenvalue weighted by atomic mass is 10.0. The minimum Gasteiger partial charge on any atom is -0.482 e. The quantitative estimate of drug-likeness (QED) is 0.400. The zero-order valence-corrected chi connectivity index (χ0v) is 18.5. The van der Waals surface area contributed by atoms with Crippen LogP contribution in [-0.4, -0.2) is 35.7 Å². The van der Waals surface area contributed by atoms with Gasteiger partial charge in [0, 0.05) is 16.0 Å².